The van der Waals surface area contributed by atoms with Crippen molar-refractivity contribution in [1.29, 1.82) is 0 Å². The van der Waals surface area contributed by atoms with Crippen molar-refractivity contribution in [1.82, 2.24) is 4.90 Å². The van der Waals surface area contributed by atoms with E-state index in [0.29, 0.717) is 23.2 Å². The van der Waals surface area contributed by atoms with Crippen molar-refractivity contribution >= 4 is 46.4 Å². The Kier molecular flexibility index (Phi) is 5.67. The topological polar surface area (TPSA) is 72.7 Å². The number of hydrogen-bond acceptors (Lipinski definition) is 4. The fourth-order valence-electron chi connectivity index (χ4n) is 2.76. The molecule has 0 bridgehead atoms. The molecule has 2 aromatic rings. The lowest BCUT2D eigenvalue weighted by Gasteiger charge is -2.33. The van der Waals surface area contributed by atoms with Gasteiger partial charge in [-0.1, -0.05) is 34.8 Å². The molecule has 0 radical (unpaired) electrons. The van der Waals surface area contributed by atoms with Gasteiger partial charge >= 0.3 is 0 Å². The van der Waals surface area contributed by atoms with Crippen LogP contribution in [0, 0.1) is 10.1 Å². The van der Waals surface area contributed by atoms with E-state index < -0.39 is 4.92 Å². The molecule has 26 heavy (non-hydrogen) atoms. The van der Waals surface area contributed by atoms with Gasteiger partial charge in [-0.3, -0.25) is 14.9 Å². The van der Waals surface area contributed by atoms with E-state index in [4.69, 9.17) is 39.5 Å². The molecule has 1 unspecified atom stereocenters. The smallest absolute Gasteiger partial charge is 0.288 e. The van der Waals surface area contributed by atoms with E-state index in [2.05, 4.69) is 0 Å². The number of nitro benzene ring substituents is 1. The van der Waals surface area contributed by atoms with Crippen molar-refractivity contribution in [2.24, 2.45) is 0 Å². The molecule has 1 saturated heterocycles. The number of morpholine rings is 1. The van der Waals surface area contributed by atoms with Gasteiger partial charge in [0.1, 0.15) is 11.1 Å². The first-order valence-corrected chi connectivity index (χ1v) is 8.79. The lowest BCUT2D eigenvalue weighted by molar-refractivity contribution is -0.384. The first kappa shape index (κ1) is 18.9. The number of nitrogens with zero attached hydrogens (tertiary/aromatic N) is 2. The third-order valence-electron chi connectivity index (χ3n) is 4.00. The van der Waals surface area contributed by atoms with Gasteiger partial charge in [-0.2, -0.15) is 0 Å². The first-order valence-electron chi connectivity index (χ1n) is 7.66. The molecule has 1 amide bonds. The molecule has 0 aromatic heterocycles. The van der Waals surface area contributed by atoms with Gasteiger partial charge in [-0.25, -0.2) is 0 Å². The number of amides is 1. The van der Waals surface area contributed by atoms with Gasteiger partial charge in [0.2, 0.25) is 0 Å². The van der Waals surface area contributed by atoms with E-state index >= 15 is 0 Å². The maximum absolute atomic E-state index is 12.7. The highest BCUT2D eigenvalue weighted by molar-refractivity contribution is 6.34. The number of carbonyl (C=O) groups excluding carboxylic acids is 1. The van der Waals surface area contributed by atoms with Crippen LogP contribution >= 0.6 is 34.8 Å². The molecule has 3 rings (SSSR count). The molecular weight excluding hydrogens is 403 g/mol. The van der Waals surface area contributed by atoms with Crippen LogP contribution in [0.5, 0.6) is 0 Å². The highest BCUT2D eigenvalue weighted by Crippen LogP contribution is 2.30. The van der Waals surface area contributed by atoms with Gasteiger partial charge in [0, 0.05) is 28.2 Å². The van der Waals surface area contributed by atoms with Gasteiger partial charge in [-0.15, -0.1) is 0 Å². The zero-order valence-electron chi connectivity index (χ0n) is 13.3. The fraction of sp³-hybridized carbons (Fsp3) is 0.235. The Labute approximate surface area is 164 Å². The molecule has 0 spiro atoms. The van der Waals surface area contributed by atoms with Gasteiger partial charge in [-0.05, 0) is 35.9 Å². The van der Waals surface area contributed by atoms with Crippen LogP contribution in [0.15, 0.2) is 36.4 Å². The lowest BCUT2D eigenvalue weighted by atomic mass is 10.1. The average molecular weight is 416 g/mol. The minimum atomic E-state index is -0.616. The summed E-state index contributed by atoms with van der Waals surface area (Å²) < 4.78 is 5.73. The van der Waals surface area contributed by atoms with Crippen molar-refractivity contribution in [3.05, 3.63) is 72.7 Å². The van der Waals surface area contributed by atoms with Crippen LogP contribution in [0.4, 0.5) is 5.69 Å². The van der Waals surface area contributed by atoms with E-state index in [1.54, 1.807) is 23.1 Å². The summed E-state index contributed by atoms with van der Waals surface area (Å²) in [6.07, 6.45) is -0.383. The molecule has 1 heterocycles. The largest absolute Gasteiger partial charge is 0.370 e. The molecule has 2 aromatic carbocycles. The summed E-state index contributed by atoms with van der Waals surface area (Å²) in [6, 6.07) is 9.09. The van der Waals surface area contributed by atoms with Crippen LogP contribution in [0.3, 0.4) is 0 Å². The minimum Gasteiger partial charge on any atom is -0.370 e. The molecule has 1 fully saturated rings. The quantitative estimate of drug-likeness (QED) is 0.535. The van der Waals surface area contributed by atoms with Crippen LogP contribution in [0.1, 0.15) is 22.0 Å². The Bertz CT molecular complexity index is 855. The predicted molar refractivity (Wildman–Crippen MR) is 99.2 cm³/mol. The second-order valence-corrected chi connectivity index (χ2v) is 7.02. The lowest BCUT2D eigenvalue weighted by Crippen LogP contribution is -2.42. The monoisotopic (exact) mass is 414 g/mol. The first-order chi connectivity index (χ1) is 12.3. The summed E-state index contributed by atoms with van der Waals surface area (Å²) >= 11 is 17.9. The summed E-state index contributed by atoms with van der Waals surface area (Å²) in [5.41, 5.74) is 0.664. The third-order valence-corrected chi connectivity index (χ3v) is 4.76. The normalized spacial score (nSPS) is 17.2. The Hall–Kier alpha value is -1.86. The Morgan fingerprint density at radius 1 is 1.15 bits per heavy atom. The summed E-state index contributed by atoms with van der Waals surface area (Å²) in [5.74, 6) is -0.328. The molecule has 1 atom stereocenters. The summed E-state index contributed by atoms with van der Waals surface area (Å²) in [6.45, 7) is 0.988. The van der Waals surface area contributed by atoms with Crippen molar-refractivity contribution in [3.8, 4) is 0 Å². The summed E-state index contributed by atoms with van der Waals surface area (Å²) in [4.78, 5) is 24.7. The van der Waals surface area contributed by atoms with E-state index in [0.717, 1.165) is 5.56 Å². The highest BCUT2D eigenvalue weighted by Gasteiger charge is 2.28. The Morgan fingerprint density at radius 2 is 1.85 bits per heavy atom. The van der Waals surface area contributed by atoms with Gasteiger partial charge in [0.25, 0.3) is 11.6 Å². The van der Waals surface area contributed by atoms with Gasteiger partial charge in [0.05, 0.1) is 18.1 Å². The van der Waals surface area contributed by atoms with Crippen LogP contribution in [-0.2, 0) is 4.74 Å². The van der Waals surface area contributed by atoms with Crippen LogP contribution in [-0.4, -0.2) is 35.4 Å². The van der Waals surface area contributed by atoms with E-state index in [1.165, 1.54) is 18.2 Å². The van der Waals surface area contributed by atoms with Crippen LogP contribution < -0.4 is 0 Å². The minimum absolute atomic E-state index is 0.0139. The van der Waals surface area contributed by atoms with Gasteiger partial charge < -0.3 is 9.64 Å². The fourth-order valence-corrected chi connectivity index (χ4v) is 3.49. The number of rotatable bonds is 3. The summed E-state index contributed by atoms with van der Waals surface area (Å²) in [7, 11) is 0. The second kappa shape index (κ2) is 7.80. The third kappa shape index (κ3) is 4.10. The standard InChI is InChI=1S/C17H13Cl3N2O4/c18-12-5-11(6-13(19)8-12)16-9-21(3-4-26-16)17(23)10-1-2-14(20)15(7-10)22(24)25/h1-2,5-8,16H,3-4,9H2. The number of carbonyl (C=O) groups is 1. The van der Waals surface area contributed by atoms with Crippen molar-refractivity contribution < 1.29 is 14.5 Å². The van der Waals surface area contributed by atoms with E-state index in [9.17, 15) is 14.9 Å². The maximum atomic E-state index is 12.7. The number of nitro groups is 1. The predicted octanol–water partition coefficient (Wildman–Crippen LogP) is 4.77. The molecule has 1 aliphatic rings. The maximum Gasteiger partial charge on any atom is 0.288 e. The summed E-state index contributed by atoms with van der Waals surface area (Å²) in [5, 5.41) is 12.0. The van der Waals surface area contributed by atoms with Gasteiger partial charge in [0.15, 0.2) is 0 Å². The van der Waals surface area contributed by atoms with Crippen molar-refractivity contribution in [2.75, 3.05) is 19.7 Å². The van der Waals surface area contributed by atoms with E-state index in [-0.39, 0.29) is 34.8 Å². The molecular formula is C17H13Cl3N2O4. The van der Waals surface area contributed by atoms with Crippen LogP contribution in [0.2, 0.25) is 15.1 Å². The molecule has 0 saturated carbocycles. The Balaban J connectivity index is 1.82. The van der Waals surface area contributed by atoms with Crippen molar-refractivity contribution in [3.63, 3.8) is 0 Å². The zero-order chi connectivity index (χ0) is 18.8. The SMILES string of the molecule is O=C(c1ccc(Cl)c([N+](=O)[O-])c1)N1CCOC(c2cc(Cl)cc(Cl)c2)C1. The number of halogens is 3. The average Bonchev–Trinajstić information content (AvgIpc) is 2.60. The second-order valence-electron chi connectivity index (χ2n) is 5.74. The molecule has 9 heteroatoms. The molecule has 1 aliphatic heterocycles. The highest BCUT2D eigenvalue weighted by atomic mass is 35.5. The molecule has 136 valence electrons. The van der Waals surface area contributed by atoms with Crippen LogP contribution in [0.25, 0.3) is 0 Å². The zero-order valence-corrected chi connectivity index (χ0v) is 15.6. The molecule has 0 N–H and O–H groups in total. The number of benzene rings is 2. The molecule has 0 aliphatic carbocycles. The van der Waals surface area contributed by atoms with E-state index in [1.807, 2.05) is 0 Å². The Morgan fingerprint density at radius 3 is 2.50 bits per heavy atom. The molecule has 6 nitrogen and oxygen atoms in total. The van der Waals surface area contributed by atoms with Crippen molar-refractivity contribution in [2.45, 2.75) is 6.10 Å². The number of ether oxygens (including phenoxy) is 1. The number of hydrogen-bond donors (Lipinski definition) is 0.